The van der Waals surface area contributed by atoms with Crippen LogP contribution in [0.4, 0.5) is 11.5 Å². The van der Waals surface area contributed by atoms with E-state index in [1.165, 1.54) is 10.6 Å². The molecule has 0 saturated heterocycles. The molecule has 0 spiro atoms. The first-order valence-electron chi connectivity index (χ1n) is 10.7. The Bertz CT molecular complexity index is 1230. The molecule has 0 unspecified atom stereocenters. The molecule has 0 bridgehead atoms. The summed E-state index contributed by atoms with van der Waals surface area (Å²) in [5.74, 6) is 0.669. The van der Waals surface area contributed by atoms with Crippen LogP contribution >= 0.6 is 11.6 Å². The molecular weight excluding hydrogens is 478 g/mol. The van der Waals surface area contributed by atoms with Crippen LogP contribution in [0.2, 0.25) is 31.0 Å². The van der Waals surface area contributed by atoms with Crippen molar-refractivity contribution in [1.82, 2.24) is 14.5 Å². The summed E-state index contributed by atoms with van der Waals surface area (Å²) in [6.45, 7) is 8.52. The second kappa shape index (κ2) is 10.0. The van der Waals surface area contributed by atoms with E-state index in [0.717, 1.165) is 17.0 Å². The van der Waals surface area contributed by atoms with Crippen molar-refractivity contribution < 1.29 is 13.2 Å². The molecule has 11 heteroatoms. The molecule has 0 saturated carbocycles. The Kier molecular flexibility index (Phi) is 7.72. The van der Waals surface area contributed by atoms with E-state index in [1.807, 2.05) is 47.0 Å². The molecular formula is C22H32ClN5O3SSi. The van der Waals surface area contributed by atoms with Crippen LogP contribution in [0.15, 0.2) is 36.5 Å². The average Bonchev–Trinajstić information content (AvgIpc) is 3.11. The molecule has 0 amide bonds. The molecule has 0 fully saturated rings. The summed E-state index contributed by atoms with van der Waals surface area (Å²) >= 11 is 6.28. The first-order valence-corrected chi connectivity index (χ1v) is 16.6. The van der Waals surface area contributed by atoms with Crippen LogP contribution in [0.3, 0.4) is 0 Å². The summed E-state index contributed by atoms with van der Waals surface area (Å²) in [4.78, 5) is 10.8. The summed E-state index contributed by atoms with van der Waals surface area (Å²) in [5.41, 5.74) is 2.17. The number of halogens is 1. The van der Waals surface area contributed by atoms with Crippen molar-refractivity contribution in [2.24, 2.45) is 0 Å². The van der Waals surface area contributed by atoms with E-state index in [9.17, 15) is 8.42 Å². The third-order valence-electron chi connectivity index (χ3n) is 5.40. The van der Waals surface area contributed by atoms with E-state index in [2.05, 4.69) is 29.6 Å². The Hall–Kier alpha value is -2.14. The smallest absolute Gasteiger partial charge is 0.232 e. The van der Waals surface area contributed by atoms with Gasteiger partial charge in [-0.25, -0.2) is 8.42 Å². The molecule has 0 radical (unpaired) electrons. The maximum atomic E-state index is 12.1. The Morgan fingerprint density at radius 1 is 1.12 bits per heavy atom. The summed E-state index contributed by atoms with van der Waals surface area (Å²) in [7, 11) is -1.09. The first-order chi connectivity index (χ1) is 15.4. The standard InChI is InChI=1S/C22H32ClN5O3SSi/c1-26(15-17-9-7-8-10-19(17)27(2)32(3,29)30)20-18-11-12-28(21(18)25-22(23)24-20)16-31-13-14-33(4,5)6/h7-12H,13-16H2,1-6H3. The molecule has 0 aliphatic heterocycles. The maximum Gasteiger partial charge on any atom is 0.232 e. The highest BCUT2D eigenvalue weighted by atomic mass is 35.5. The van der Waals surface area contributed by atoms with Crippen LogP contribution in [0, 0.1) is 0 Å². The third kappa shape index (κ3) is 6.47. The van der Waals surface area contributed by atoms with Crippen molar-refractivity contribution in [3.05, 3.63) is 47.4 Å². The predicted octanol–water partition coefficient (Wildman–Crippen LogP) is 4.43. The van der Waals surface area contributed by atoms with Gasteiger partial charge in [0.05, 0.1) is 17.3 Å². The van der Waals surface area contributed by atoms with Gasteiger partial charge in [-0.05, 0) is 35.3 Å². The number of sulfonamides is 1. The van der Waals surface area contributed by atoms with Gasteiger partial charge in [0.15, 0.2) is 0 Å². The van der Waals surface area contributed by atoms with Gasteiger partial charge in [-0.3, -0.25) is 4.31 Å². The highest BCUT2D eigenvalue weighted by Gasteiger charge is 2.19. The van der Waals surface area contributed by atoms with E-state index in [1.54, 1.807) is 13.1 Å². The number of benzene rings is 1. The van der Waals surface area contributed by atoms with E-state index >= 15 is 0 Å². The normalized spacial score (nSPS) is 12.3. The second-order valence-corrected chi connectivity index (χ2v) is 17.4. The fourth-order valence-electron chi connectivity index (χ4n) is 3.42. The van der Waals surface area contributed by atoms with Crippen molar-refractivity contribution >= 4 is 52.2 Å². The van der Waals surface area contributed by atoms with Gasteiger partial charge in [-0.15, -0.1) is 0 Å². The molecule has 0 atom stereocenters. The van der Waals surface area contributed by atoms with Crippen LogP contribution in [0.1, 0.15) is 5.56 Å². The minimum absolute atomic E-state index is 0.146. The van der Waals surface area contributed by atoms with Gasteiger partial charge >= 0.3 is 0 Å². The van der Waals surface area contributed by atoms with Crippen LogP contribution in [-0.2, 0) is 28.0 Å². The van der Waals surface area contributed by atoms with Gasteiger partial charge in [0.25, 0.3) is 0 Å². The van der Waals surface area contributed by atoms with Crippen LogP contribution in [0.5, 0.6) is 0 Å². The van der Waals surface area contributed by atoms with Crippen LogP contribution in [-0.4, -0.2) is 58.0 Å². The Balaban J connectivity index is 1.86. The van der Waals surface area contributed by atoms with Crippen LogP contribution < -0.4 is 9.21 Å². The number of fused-ring (bicyclic) bond motifs is 1. The molecule has 8 nitrogen and oxygen atoms in total. The molecule has 180 valence electrons. The Morgan fingerprint density at radius 2 is 1.82 bits per heavy atom. The molecule has 0 N–H and O–H groups in total. The van der Waals surface area contributed by atoms with E-state index in [0.29, 0.717) is 37.0 Å². The molecule has 2 heterocycles. The first kappa shape index (κ1) is 25.5. The number of aromatic nitrogens is 3. The summed E-state index contributed by atoms with van der Waals surface area (Å²) in [5, 5.41) is 0.998. The Morgan fingerprint density at radius 3 is 2.48 bits per heavy atom. The highest BCUT2D eigenvalue weighted by Crippen LogP contribution is 2.29. The van der Waals surface area contributed by atoms with E-state index in [-0.39, 0.29) is 5.28 Å². The van der Waals surface area contributed by atoms with Crippen molar-refractivity contribution in [2.45, 2.75) is 39.0 Å². The minimum atomic E-state index is -3.38. The number of nitrogens with zero attached hydrogens (tertiary/aromatic N) is 5. The predicted molar refractivity (Wildman–Crippen MR) is 138 cm³/mol. The highest BCUT2D eigenvalue weighted by molar-refractivity contribution is 7.92. The van der Waals surface area contributed by atoms with E-state index < -0.39 is 18.1 Å². The van der Waals surface area contributed by atoms with Crippen molar-refractivity contribution in [1.29, 1.82) is 0 Å². The van der Waals surface area contributed by atoms with E-state index in [4.69, 9.17) is 16.3 Å². The third-order valence-corrected chi connectivity index (χ3v) is 8.46. The molecule has 2 aromatic heterocycles. The van der Waals surface area contributed by atoms with Crippen LogP contribution in [0.25, 0.3) is 11.0 Å². The SMILES string of the molecule is CN(Cc1ccccc1N(C)S(C)(=O)=O)c1nc(Cl)nc2c1ccn2COCC[Si](C)(C)C. The summed E-state index contributed by atoms with van der Waals surface area (Å²) in [6.07, 6.45) is 3.11. The number of hydrogen-bond acceptors (Lipinski definition) is 6. The lowest BCUT2D eigenvalue weighted by atomic mass is 10.1. The lowest BCUT2D eigenvalue weighted by molar-refractivity contribution is 0.0899. The van der Waals surface area contributed by atoms with Crippen molar-refractivity contribution in [2.75, 3.05) is 36.2 Å². The molecule has 0 aliphatic carbocycles. The van der Waals surface area contributed by atoms with Gasteiger partial charge in [-0.1, -0.05) is 37.8 Å². The fraction of sp³-hybridized carbons (Fsp3) is 0.455. The zero-order valence-corrected chi connectivity index (χ0v) is 22.6. The molecule has 33 heavy (non-hydrogen) atoms. The molecule has 1 aromatic carbocycles. The quantitative estimate of drug-likeness (QED) is 0.228. The van der Waals surface area contributed by atoms with Crippen molar-refractivity contribution in [3.8, 4) is 0 Å². The zero-order chi connectivity index (χ0) is 24.4. The number of anilines is 2. The molecule has 3 aromatic rings. The van der Waals surface area contributed by atoms with Gasteiger partial charge in [0, 0.05) is 41.5 Å². The molecule has 0 aliphatic rings. The fourth-order valence-corrected chi connectivity index (χ4v) is 4.87. The van der Waals surface area contributed by atoms with Gasteiger partial charge < -0.3 is 14.2 Å². The number of rotatable bonds is 10. The maximum absolute atomic E-state index is 12.1. The largest absolute Gasteiger partial charge is 0.361 e. The summed E-state index contributed by atoms with van der Waals surface area (Å²) < 4.78 is 33.3. The molecule has 3 rings (SSSR count). The number of para-hydroxylation sites is 1. The average molecular weight is 510 g/mol. The van der Waals surface area contributed by atoms with Gasteiger partial charge in [0.2, 0.25) is 15.3 Å². The lowest BCUT2D eigenvalue weighted by Gasteiger charge is -2.24. The zero-order valence-electron chi connectivity index (χ0n) is 20.0. The lowest BCUT2D eigenvalue weighted by Crippen LogP contribution is -2.27. The second-order valence-electron chi connectivity index (χ2n) is 9.40. The van der Waals surface area contributed by atoms with Crippen molar-refractivity contribution in [3.63, 3.8) is 0 Å². The van der Waals surface area contributed by atoms with Gasteiger partial charge in [0.1, 0.15) is 18.2 Å². The van der Waals surface area contributed by atoms with Gasteiger partial charge in [-0.2, -0.15) is 9.97 Å². The minimum Gasteiger partial charge on any atom is -0.361 e. The number of ether oxygens (including phenoxy) is 1. The number of hydrogen-bond donors (Lipinski definition) is 0. The topological polar surface area (TPSA) is 80.6 Å². The monoisotopic (exact) mass is 509 g/mol. The Labute approximate surface area is 202 Å². The summed E-state index contributed by atoms with van der Waals surface area (Å²) in [6, 6.07) is 10.5.